The van der Waals surface area contributed by atoms with Gasteiger partial charge in [-0.05, 0) is 25.5 Å². The minimum atomic E-state index is -0.0652. The third kappa shape index (κ3) is 4.01. The molecule has 7 heteroatoms. The minimum absolute atomic E-state index is 0.0652. The molecule has 6 nitrogen and oxygen atoms in total. The molecule has 118 valence electrons. The van der Waals surface area contributed by atoms with E-state index in [0.29, 0.717) is 12.1 Å². The molecule has 0 saturated carbocycles. The molecule has 1 N–H and O–H groups in total. The van der Waals surface area contributed by atoms with Gasteiger partial charge in [0.25, 0.3) is 5.91 Å². The monoisotopic (exact) mass is 327 g/mol. The van der Waals surface area contributed by atoms with Crippen LogP contribution in [0.4, 0.5) is 0 Å². The number of hydrogen-bond donors (Lipinski definition) is 1. The summed E-state index contributed by atoms with van der Waals surface area (Å²) in [5, 5.41) is 9.99. The van der Waals surface area contributed by atoms with E-state index in [-0.39, 0.29) is 5.91 Å². The quantitative estimate of drug-likeness (QED) is 0.706. The number of nitrogens with one attached hydrogen (secondary N) is 1. The highest BCUT2D eigenvalue weighted by Crippen LogP contribution is 2.21. The number of carbonyl (C=O) groups excluding carboxylic acids is 1. The van der Waals surface area contributed by atoms with E-state index in [1.165, 1.54) is 6.33 Å². The Hall–Kier alpha value is -2.54. The van der Waals surface area contributed by atoms with Crippen LogP contribution in [-0.2, 0) is 6.54 Å². The molecule has 0 fully saturated rings. The predicted molar refractivity (Wildman–Crippen MR) is 89.3 cm³/mol. The maximum atomic E-state index is 12.1. The number of hydrogen-bond acceptors (Lipinski definition) is 5. The van der Waals surface area contributed by atoms with E-state index in [1.807, 2.05) is 36.6 Å². The molecule has 0 aliphatic carbocycles. The molecule has 1 aromatic carbocycles. The molecule has 0 aliphatic heterocycles. The standard InChI is InChI=1S/C16H17N5OS/c1-12-20-15(9-23-12)13-3-5-14(6-4-13)16(22)18-7-2-8-21-11-17-10-19-21/h3-6,9-11H,2,7-8H2,1H3,(H,18,22). The van der Waals surface area contributed by atoms with Gasteiger partial charge in [0.05, 0.1) is 10.7 Å². The van der Waals surface area contributed by atoms with Crippen molar-refractivity contribution in [3.63, 3.8) is 0 Å². The number of aromatic nitrogens is 4. The van der Waals surface area contributed by atoms with Crippen LogP contribution in [0.15, 0.2) is 42.3 Å². The van der Waals surface area contributed by atoms with Crippen molar-refractivity contribution < 1.29 is 4.79 Å². The lowest BCUT2D eigenvalue weighted by atomic mass is 10.1. The molecule has 0 spiro atoms. The zero-order valence-electron chi connectivity index (χ0n) is 12.8. The van der Waals surface area contributed by atoms with Crippen LogP contribution in [0.2, 0.25) is 0 Å². The summed E-state index contributed by atoms with van der Waals surface area (Å²) in [4.78, 5) is 20.4. The zero-order chi connectivity index (χ0) is 16.1. The number of thiazole rings is 1. The lowest BCUT2D eigenvalue weighted by molar-refractivity contribution is 0.0952. The topological polar surface area (TPSA) is 72.7 Å². The molecule has 3 aromatic rings. The van der Waals surface area contributed by atoms with E-state index >= 15 is 0 Å². The Morgan fingerprint density at radius 2 is 2.13 bits per heavy atom. The van der Waals surface area contributed by atoms with Crippen molar-refractivity contribution in [3.05, 3.63) is 52.9 Å². The Kier molecular flexibility index (Phi) is 4.77. The molecule has 2 aromatic heterocycles. The number of amides is 1. The highest BCUT2D eigenvalue weighted by molar-refractivity contribution is 7.09. The van der Waals surface area contributed by atoms with Crippen molar-refractivity contribution in [2.75, 3.05) is 6.54 Å². The van der Waals surface area contributed by atoms with Gasteiger partial charge in [-0.25, -0.2) is 9.97 Å². The molecule has 0 radical (unpaired) electrons. The first kappa shape index (κ1) is 15.4. The number of rotatable bonds is 6. The zero-order valence-corrected chi connectivity index (χ0v) is 13.6. The van der Waals surface area contributed by atoms with E-state index in [0.717, 1.165) is 29.2 Å². The summed E-state index contributed by atoms with van der Waals surface area (Å²) < 4.78 is 1.75. The second kappa shape index (κ2) is 7.15. The second-order valence-corrected chi connectivity index (χ2v) is 6.16. The summed E-state index contributed by atoms with van der Waals surface area (Å²) >= 11 is 1.62. The maximum absolute atomic E-state index is 12.1. The van der Waals surface area contributed by atoms with E-state index < -0.39 is 0 Å². The molecular weight excluding hydrogens is 310 g/mol. The van der Waals surface area contributed by atoms with Crippen molar-refractivity contribution in [1.82, 2.24) is 25.1 Å². The van der Waals surface area contributed by atoms with Crippen molar-refractivity contribution in [1.29, 1.82) is 0 Å². The molecule has 1 amide bonds. The molecule has 0 saturated heterocycles. The Morgan fingerprint density at radius 1 is 1.30 bits per heavy atom. The van der Waals surface area contributed by atoms with Crippen molar-refractivity contribution >= 4 is 17.2 Å². The number of benzene rings is 1. The largest absolute Gasteiger partial charge is 0.352 e. The third-order valence-electron chi connectivity index (χ3n) is 3.38. The minimum Gasteiger partial charge on any atom is -0.352 e. The van der Waals surface area contributed by atoms with Gasteiger partial charge in [0.2, 0.25) is 0 Å². The highest BCUT2D eigenvalue weighted by Gasteiger charge is 2.07. The summed E-state index contributed by atoms with van der Waals surface area (Å²) in [6.45, 7) is 3.32. The first-order valence-corrected chi connectivity index (χ1v) is 8.23. The van der Waals surface area contributed by atoms with Crippen molar-refractivity contribution in [2.45, 2.75) is 19.9 Å². The van der Waals surface area contributed by atoms with Gasteiger partial charge >= 0.3 is 0 Å². The van der Waals surface area contributed by atoms with E-state index in [2.05, 4.69) is 20.4 Å². The summed E-state index contributed by atoms with van der Waals surface area (Å²) in [6.07, 6.45) is 3.98. The van der Waals surface area contributed by atoms with Gasteiger partial charge in [-0.3, -0.25) is 9.48 Å². The molecule has 3 rings (SSSR count). The average Bonchev–Trinajstić information content (AvgIpc) is 3.23. The van der Waals surface area contributed by atoms with Gasteiger partial charge in [-0.2, -0.15) is 5.10 Å². The summed E-state index contributed by atoms with van der Waals surface area (Å²) in [6, 6.07) is 7.52. The summed E-state index contributed by atoms with van der Waals surface area (Å²) in [5.74, 6) is -0.0652. The highest BCUT2D eigenvalue weighted by atomic mass is 32.1. The van der Waals surface area contributed by atoms with E-state index in [4.69, 9.17) is 0 Å². The molecule has 2 heterocycles. The predicted octanol–water partition coefficient (Wildman–Crippen LogP) is 2.53. The number of nitrogens with zero attached hydrogens (tertiary/aromatic N) is 4. The maximum Gasteiger partial charge on any atom is 0.251 e. The third-order valence-corrected chi connectivity index (χ3v) is 4.15. The van der Waals surface area contributed by atoms with Crippen LogP contribution in [0.1, 0.15) is 21.8 Å². The van der Waals surface area contributed by atoms with E-state index in [9.17, 15) is 4.79 Å². The molecule has 0 atom stereocenters. The Morgan fingerprint density at radius 3 is 2.78 bits per heavy atom. The van der Waals surface area contributed by atoms with Gasteiger partial charge in [-0.15, -0.1) is 11.3 Å². The first-order valence-electron chi connectivity index (χ1n) is 7.35. The lowest BCUT2D eigenvalue weighted by Crippen LogP contribution is -2.25. The Bertz CT molecular complexity index is 764. The summed E-state index contributed by atoms with van der Waals surface area (Å²) in [7, 11) is 0. The molecular formula is C16H17N5OS. The lowest BCUT2D eigenvalue weighted by Gasteiger charge is -2.06. The van der Waals surface area contributed by atoms with Gasteiger partial charge in [0, 0.05) is 29.6 Å². The Labute approximate surface area is 138 Å². The van der Waals surface area contributed by atoms with Gasteiger partial charge < -0.3 is 5.32 Å². The van der Waals surface area contributed by atoms with Crippen molar-refractivity contribution in [2.24, 2.45) is 0 Å². The fourth-order valence-corrected chi connectivity index (χ4v) is 2.80. The molecule has 0 unspecified atom stereocenters. The average molecular weight is 327 g/mol. The number of carbonyl (C=O) groups is 1. The van der Waals surface area contributed by atoms with Gasteiger partial charge in [0.15, 0.2) is 0 Å². The smallest absolute Gasteiger partial charge is 0.251 e. The van der Waals surface area contributed by atoms with Crippen LogP contribution < -0.4 is 5.32 Å². The van der Waals surface area contributed by atoms with E-state index in [1.54, 1.807) is 22.3 Å². The van der Waals surface area contributed by atoms with Gasteiger partial charge in [0.1, 0.15) is 12.7 Å². The van der Waals surface area contributed by atoms with Gasteiger partial charge in [-0.1, -0.05) is 12.1 Å². The fraction of sp³-hybridized carbons (Fsp3) is 0.250. The first-order chi connectivity index (χ1) is 11.2. The SMILES string of the molecule is Cc1nc(-c2ccc(C(=O)NCCCn3cncn3)cc2)cs1. The van der Waals surface area contributed by atoms with Crippen LogP contribution in [0.25, 0.3) is 11.3 Å². The fourth-order valence-electron chi connectivity index (χ4n) is 2.18. The normalized spacial score (nSPS) is 10.7. The van der Waals surface area contributed by atoms with Crippen LogP contribution >= 0.6 is 11.3 Å². The van der Waals surface area contributed by atoms with Crippen LogP contribution in [-0.4, -0.2) is 32.2 Å². The molecule has 0 bridgehead atoms. The van der Waals surface area contributed by atoms with Crippen molar-refractivity contribution in [3.8, 4) is 11.3 Å². The van der Waals surface area contributed by atoms with Crippen LogP contribution in [0.3, 0.4) is 0 Å². The molecule has 0 aliphatic rings. The van der Waals surface area contributed by atoms with Crippen LogP contribution in [0.5, 0.6) is 0 Å². The van der Waals surface area contributed by atoms with Crippen LogP contribution in [0, 0.1) is 6.92 Å². The second-order valence-electron chi connectivity index (χ2n) is 5.10. The Balaban J connectivity index is 1.51. The number of aryl methyl sites for hydroxylation is 2. The summed E-state index contributed by atoms with van der Waals surface area (Å²) in [5.41, 5.74) is 2.63. The molecule has 23 heavy (non-hydrogen) atoms.